The van der Waals surface area contributed by atoms with Crippen molar-refractivity contribution in [2.45, 2.75) is 0 Å². The fraction of sp³-hybridized carbons (Fsp3) is 0. The molecule has 4 aromatic heterocycles. The third-order valence-electron chi connectivity index (χ3n) is 16.3. The first-order chi connectivity index (χ1) is 41.6. The summed E-state index contributed by atoms with van der Waals surface area (Å²) in [6, 6.07) is 102. The van der Waals surface area contributed by atoms with Gasteiger partial charge in [0.05, 0.1) is 0 Å². The lowest BCUT2D eigenvalue weighted by atomic mass is 9.94. The van der Waals surface area contributed by atoms with Crippen molar-refractivity contribution in [3.8, 4) is 55.6 Å². The predicted molar refractivity (Wildman–Crippen MR) is 348 cm³/mol. The highest BCUT2D eigenvalue weighted by molar-refractivity contribution is 6.07. The minimum atomic E-state index is 0.776. The van der Waals surface area contributed by atoms with E-state index in [2.05, 4.69) is 270 Å². The topological polar surface area (TPSA) is 58.5 Å². The summed E-state index contributed by atoms with van der Waals surface area (Å²) in [5, 5.41) is 8.68. The second-order valence-corrected chi connectivity index (χ2v) is 21.4. The predicted octanol–water partition coefficient (Wildman–Crippen LogP) is 21.9. The number of rotatable bonds is 11. The molecule has 0 fully saturated rings. The van der Waals surface area contributed by atoms with Gasteiger partial charge in [-0.05, 0) is 180 Å². The quantitative estimate of drug-likeness (QED) is 0.129. The molecule has 84 heavy (non-hydrogen) atoms. The molecule has 0 amide bonds. The molecule has 12 aromatic carbocycles. The molecule has 0 spiro atoms. The highest BCUT2D eigenvalue weighted by Crippen LogP contribution is 2.43. The van der Waals surface area contributed by atoms with Gasteiger partial charge in [-0.2, -0.15) is 0 Å². The summed E-state index contributed by atoms with van der Waals surface area (Å²) >= 11 is 0. The number of para-hydroxylation sites is 1. The number of aromatic nitrogens is 2. The zero-order chi connectivity index (χ0) is 55.5. The van der Waals surface area contributed by atoms with E-state index in [1.54, 1.807) is 6.20 Å². The first kappa shape index (κ1) is 48.6. The van der Waals surface area contributed by atoms with Gasteiger partial charge in [0.25, 0.3) is 0 Å². The lowest BCUT2D eigenvalue weighted by Crippen LogP contribution is -2.11. The molecule has 0 unspecified atom stereocenters. The van der Waals surface area contributed by atoms with Gasteiger partial charge < -0.3 is 13.7 Å². The molecule has 0 radical (unpaired) electrons. The molecule has 0 aliphatic heterocycles. The summed E-state index contributed by atoms with van der Waals surface area (Å²) in [6.07, 6.45) is 5.60. The van der Waals surface area contributed by atoms with Crippen LogP contribution in [0.5, 0.6) is 0 Å². The summed E-state index contributed by atoms with van der Waals surface area (Å²) in [7, 11) is 0. The van der Waals surface area contributed by atoms with E-state index in [1.165, 1.54) is 22.1 Å². The Kier molecular flexibility index (Phi) is 11.8. The number of benzene rings is 12. The normalized spacial score (nSPS) is 11.6. The summed E-state index contributed by atoms with van der Waals surface area (Å²) in [4.78, 5) is 14.0. The van der Waals surface area contributed by atoms with E-state index in [0.29, 0.717) is 0 Å². The maximum Gasteiger partial charge on any atom is 0.141 e. The van der Waals surface area contributed by atoms with Crippen molar-refractivity contribution in [2.75, 3.05) is 9.80 Å². The van der Waals surface area contributed by atoms with Crippen molar-refractivity contribution in [1.29, 1.82) is 0 Å². The van der Waals surface area contributed by atoms with E-state index in [9.17, 15) is 0 Å². The van der Waals surface area contributed by atoms with Gasteiger partial charge in [0, 0.05) is 74.6 Å². The van der Waals surface area contributed by atoms with Gasteiger partial charge in [-0.15, -0.1) is 0 Å². The maximum absolute atomic E-state index is 6.38. The zero-order valence-electron chi connectivity index (χ0n) is 45.5. The van der Waals surface area contributed by atoms with Crippen molar-refractivity contribution < 1.29 is 8.83 Å². The van der Waals surface area contributed by atoms with Crippen LogP contribution in [0.3, 0.4) is 0 Å². The van der Waals surface area contributed by atoms with Crippen LogP contribution >= 0.6 is 0 Å². The summed E-state index contributed by atoms with van der Waals surface area (Å²) in [5.41, 5.74) is 20.1. The van der Waals surface area contributed by atoms with Gasteiger partial charge in [0.2, 0.25) is 0 Å². The van der Waals surface area contributed by atoms with Crippen LogP contribution in [-0.2, 0) is 0 Å². The van der Waals surface area contributed by atoms with Gasteiger partial charge >= 0.3 is 0 Å². The van der Waals surface area contributed by atoms with Crippen LogP contribution < -0.4 is 9.80 Å². The molecule has 0 saturated heterocycles. The fourth-order valence-electron chi connectivity index (χ4n) is 12.1. The molecule has 0 aliphatic carbocycles. The Labute approximate surface area is 485 Å². The minimum Gasteiger partial charge on any atom is -0.456 e. The van der Waals surface area contributed by atoms with Crippen LogP contribution in [0.4, 0.5) is 34.3 Å². The molecule has 16 rings (SSSR count). The molecule has 4 heterocycles. The van der Waals surface area contributed by atoms with Crippen LogP contribution in [0.25, 0.3) is 121 Å². The van der Waals surface area contributed by atoms with Crippen molar-refractivity contribution in [2.24, 2.45) is 0 Å². The highest BCUT2D eigenvalue weighted by Gasteiger charge is 2.20. The molecule has 0 bridgehead atoms. The van der Waals surface area contributed by atoms with Crippen LogP contribution in [0.2, 0.25) is 0 Å². The van der Waals surface area contributed by atoms with Crippen molar-refractivity contribution >= 4 is 99.7 Å². The molecule has 6 heteroatoms. The molecule has 0 N–H and O–H groups in total. The molecule has 16 aromatic rings. The monoisotopic (exact) mass is 1070 g/mol. The van der Waals surface area contributed by atoms with Crippen molar-refractivity contribution in [1.82, 2.24) is 9.97 Å². The lowest BCUT2D eigenvalue weighted by Gasteiger charge is -2.26. The van der Waals surface area contributed by atoms with Crippen LogP contribution in [0.1, 0.15) is 0 Å². The van der Waals surface area contributed by atoms with Crippen molar-refractivity contribution in [3.63, 3.8) is 0 Å². The van der Waals surface area contributed by atoms with E-state index in [1.807, 2.05) is 42.7 Å². The van der Waals surface area contributed by atoms with Gasteiger partial charge in [-0.1, -0.05) is 176 Å². The lowest BCUT2D eigenvalue weighted by molar-refractivity contribution is 0.668. The average molecular weight is 1080 g/mol. The number of hydrogen-bond donors (Lipinski definition) is 0. The molecule has 0 aliphatic rings. The third-order valence-corrected chi connectivity index (χ3v) is 16.3. The number of furan rings is 2. The SMILES string of the molecule is c1ccc(-c2ccc(N(c3ccc4cc(-c5cccc(-c6cccc(-c7ccc8cc(N(c9ccc(-c%10ccccc%10)cc9)c9cc%10oc%11ccccc%11c%10cn9)ccc8c7)c6)c5)ccc4c3)c3ccc4oc5ccncc5c4c3)cc2)cc1. The van der Waals surface area contributed by atoms with E-state index in [0.717, 1.165) is 133 Å². The Morgan fingerprint density at radius 3 is 1.27 bits per heavy atom. The van der Waals surface area contributed by atoms with E-state index >= 15 is 0 Å². The van der Waals surface area contributed by atoms with Crippen molar-refractivity contribution in [3.05, 3.63) is 304 Å². The Bertz CT molecular complexity index is 5150. The van der Waals surface area contributed by atoms with E-state index in [4.69, 9.17) is 13.8 Å². The standard InChI is InChI=1S/C78H50N4O2/c1-3-11-51(12-4-1)53-25-31-65(32-26-53)81(69-37-38-75-71(47-69)72-49-79-40-39-76(72)83-75)67-35-29-61-43-59(21-23-63(61)45-67)57-17-9-15-55(41-57)56-16-10-18-58(42-56)60-22-24-64-46-68(36-30-62(64)44-60)82(66-33-27-54(28-34-66)52-13-5-2-6-14-52)78-48-77-73(50-80-78)70-19-7-8-20-74(70)84-77/h1-50H. The third kappa shape index (κ3) is 8.87. The van der Waals surface area contributed by atoms with E-state index in [-0.39, 0.29) is 0 Å². The molecule has 394 valence electrons. The average Bonchev–Trinajstić information content (AvgIpc) is 4.11. The molecular formula is C78H50N4O2. The molecular weight excluding hydrogens is 1020 g/mol. The maximum atomic E-state index is 6.38. The van der Waals surface area contributed by atoms with Gasteiger partial charge in [-0.3, -0.25) is 9.88 Å². The van der Waals surface area contributed by atoms with Gasteiger partial charge in [0.1, 0.15) is 28.1 Å². The summed E-state index contributed by atoms with van der Waals surface area (Å²) in [6.45, 7) is 0. The van der Waals surface area contributed by atoms with Crippen LogP contribution in [-0.4, -0.2) is 9.97 Å². The Morgan fingerprint density at radius 1 is 0.238 bits per heavy atom. The van der Waals surface area contributed by atoms with Gasteiger partial charge in [0.15, 0.2) is 0 Å². The first-order valence-corrected chi connectivity index (χ1v) is 28.3. The molecule has 0 atom stereocenters. The second kappa shape index (κ2) is 20.3. The zero-order valence-corrected chi connectivity index (χ0v) is 45.5. The number of nitrogens with zero attached hydrogens (tertiary/aromatic N) is 4. The Morgan fingerprint density at radius 2 is 0.655 bits per heavy atom. The van der Waals surface area contributed by atoms with E-state index < -0.39 is 0 Å². The number of anilines is 6. The smallest absolute Gasteiger partial charge is 0.141 e. The second-order valence-electron chi connectivity index (χ2n) is 21.4. The molecule has 6 nitrogen and oxygen atoms in total. The first-order valence-electron chi connectivity index (χ1n) is 28.3. The summed E-state index contributed by atoms with van der Waals surface area (Å²) in [5.74, 6) is 0.776. The highest BCUT2D eigenvalue weighted by atomic mass is 16.3. The Balaban J connectivity index is 0.692. The van der Waals surface area contributed by atoms with Gasteiger partial charge in [-0.25, -0.2) is 4.98 Å². The van der Waals surface area contributed by atoms with Crippen LogP contribution in [0, 0.1) is 0 Å². The number of pyridine rings is 2. The minimum absolute atomic E-state index is 0.776. The van der Waals surface area contributed by atoms with Crippen LogP contribution in [0.15, 0.2) is 313 Å². The fourth-order valence-corrected chi connectivity index (χ4v) is 12.1. The number of fused-ring (bicyclic) bond motifs is 8. The molecule has 0 saturated carbocycles. The largest absolute Gasteiger partial charge is 0.456 e. The Hall–Kier alpha value is -11.3. The number of hydrogen-bond acceptors (Lipinski definition) is 6. The summed E-state index contributed by atoms with van der Waals surface area (Å²) < 4.78 is 12.6.